The van der Waals surface area contributed by atoms with Crippen LogP contribution in [-0.2, 0) is 58.1 Å². The SMILES string of the molecule is C#C[C@@H]1Cc2c(C(F)(F)F)nn(CC(=O)N[C@@H](Cc3cc(F)cc(F)c3)c3nc(C#CC4CCCCN4C(=O)OC(C)(C)C)ccc3-c3cccc4c(NS(C)(=O)=O)nn(C)c34)c2C1(F)F. The van der Waals surface area contributed by atoms with E-state index in [1.54, 1.807) is 52.1 Å². The number of aromatic nitrogens is 5. The van der Waals surface area contributed by atoms with E-state index in [1.165, 1.54) is 15.6 Å². The Balaban J connectivity index is 1.38. The number of hydrogen-bond donors (Lipinski definition) is 2. The summed E-state index contributed by atoms with van der Waals surface area (Å²) in [4.78, 5) is 33.7. The van der Waals surface area contributed by atoms with Gasteiger partial charge in [-0.1, -0.05) is 24.0 Å². The van der Waals surface area contributed by atoms with Gasteiger partial charge in [0.15, 0.2) is 11.5 Å². The summed E-state index contributed by atoms with van der Waals surface area (Å²) in [6.45, 7) is 4.39. The number of para-hydroxylation sites is 1. The van der Waals surface area contributed by atoms with Crippen molar-refractivity contribution in [2.45, 2.75) is 89.2 Å². The first-order chi connectivity index (χ1) is 30.8. The van der Waals surface area contributed by atoms with Crippen molar-refractivity contribution in [3.05, 3.63) is 94.1 Å². The number of fused-ring (bicyclic) bond motifs is 2. The van der Waals surface area contributed by atoms with Crippen molar-refractivity contribution in [3.8, 4) is 35.3 Å². The van der Waals surface area contributed by atoms with Crippen LogP contribution in [0.2, 0.25) is 0 Å². The number of nitrogens with one attached hydrogen (secondary N) is 2. The van der Waals surface area contributed by atoms with Crippen LogP contribution in [0.15, 0.2) is 48.5 Å². The predicted octanol–water partition coefficient (Wildman–Crippen LogP) is 7.64. The molecule has 21 heteroatoms. The molecule has 0 bridgehead atoms. The van der Waals surface area contributed by atoms with E-state index in [2.05, 4.69) is 32.1 Å². The lowest BCUT2D eigenvalue weighted by Gasteiger charge is -2.34. The van der Waals surface area contributed by atoms with E-state index in [9.17, 15) is 40.0 Å². The first kappa shape index (κ1) is 47.4. The fraction of sp³-hybridized carbons (Fsp3) is 0.400. The molecule has 13 nitrogen and oxygen atoms in total. The van der Waals surface area contributed by atoms with Crippen LogP contribution in [0.5, 0.6) is 0 Å². The highest BCUT2D eigenvalue weighted by Gasteiger charge is 2.55. The maximum absolute atomic E-state index is 15.6. The number of anilines is 1. The minimum Gasteiger partial charge on any atom is -0.444 e. The number of rotatable bonds is 9. The van der Waals surface area contributed by atoms with Gasteiger partial charge in [-0.05, 0) is 94.7 Å². The molecular formula is C45H43F7N8O5S. The van der Waals surface area contributed by atoms with Gasteiger partial charge in [0.05, 0.1) is 35.5 Å². The molecule has 0 spiro atoms. The number of ether oxygens (including phenoxy) is 1. The first-order valence-electron chi connectivity index (χ1n) is 20.5. The molecule has 0 radical (unpaired) electrons. The molecule has 2 amide bonds. The van der Waals surface area contributed by atoms with Crippen LogP contribution in [0.4, 0.5) is 41.3 Å². The number of carbonyl (C=O) groups excluding carboxylic acids is 2. The van der Waals surface area contributed by atoms with Gasteiger partial charge in [-0.3, -0.25) is 23.8 Å². The van der Waals surface area contributed by atoms with Gasteiger partial charge in [0.1, 0.15) is 35.2 Å². The van der Waals surface area contributed by atoms with Gasteiger partial charge in [-0.25, -0.2) is 27.0 Å². The summed E-state index contributed by atoms with van der Waals surface area (Å²) in [6, 6.07) is 8.51. The number of nitrogens with zero attached hydrogens (tertiary/aromatic N) is 6. The smallest absolute Gasteiger partial charge is 0.435 e. The van der Waals surface area contributed by atoms with E-state index >= 15 is 8.78 Å². The average molecular weight is 941 g/mol. The summed E-state index contributed by atoms with van der Waals surface area (Å²) >= 11 is 0. The fourth-order valence-corrected chi connectivity index (χ4v) is 8.75. The predicted molar refractivity (Wildman–Crippen MR) is 228 cm³/mol. The third-order valence-electron chi connectivity index (χ3n) is 10.9. The zero-order valence-corrected chi connectivity index (χ0v) is 37.0. The van der Waals surface area contributed by atoms with E-state index in [4.69, 9.17) is 16.1 Å². The molecule has 4 heterocycles. The van der Waals surface area contributed by atoms with E-state index in [1.807, 2.05) is 5.92 Å². The van der Waals surface area contributed by atoms with E-state index < -0.39 is 106 Å². The van der Waals surface area contributed by atoms with Crippen LogP contribution in [0.25, 0.3) is 22.0 Å². The summed E-state index contributed by atoms with van der Waals surface area (Å²) in [5, 5.41) is 10.7. The average Bonchev–Trinajstić information content (AvgIpc) is 3.82. The van der Waals surface area contributed by atoms with Gasteiger partial charge in [0.25, 0.3) is 0 Å². The maximum atomic E-state index is 15.6. The Labute approximate surface area is 375 Å². The third-order valence-corrected chi connectivity index (χ3v) is 11.4. The second kappa shape index (κ2) is 17.6. The molecule has 3 aromatic heterocycles. The van der Waals surface area contributed by atoms with Crippen molar-refractivity contribution in [1.29, 1.82) is 0 Å². The summed E-state index contributed by atoms with van der Waals surface area (Å²) in [6.07, 6.45) is 1.17. The number of hydrogen-bond acceptors (Lipinski definition) is 8. The van der Waals surface area contributed by atoms with E-state index in [0.717, 1.165) is 24.8 Å². The van der Waals surface area contributed by atoms with E-state index in [-0.39, 0.29) is 33.0 Å². The van der Waals surface area contributed by atoms with E-state index in [0.29, 0.717) is 41.9 Å². The lowest BCUT2D eigenvalue weighted by atomic mass is 9.93. The highest BCUT2D eigenvalue weighted by Crippen LogP contribution is 2.49. The van der Waals surface area contributed by atoms with Crippen LogP contribution < -0.4 is 10.0 Å². The number of benzene rings is 2. The Morgan fingerprint density at radius 1 is 1.03 bits per heavy atom. The Bertz CT molecular complexity index is 2940. The number of pyridine rings is 1. The summed E-state index contributed by atoms with van der Waals surface area (Å²) in [5.41, 5.74) is -3.40. The van der Waals surface area contributed by atoms with Gasteiger partial charge >= 0.3 is 18.2 Å². The number of sulfonamides is 1. The van der Waals surface area contributed by atoms with Crippen LogP contribution >= 0.6 is 0 Å². The molecule has 1 saturated heterocycles. The molecule has 348 valence electrons. The number of piperidine rings is 1. The third kappa shape index (κ3) is 10.1. The van der Waals surface area contributed by atoms with Gasteiger partial charge in [-0.2, -0.15) is 32.1 Å². The van der Waals surface area contributed by atoms with Crippen molar-refractivity contribution in [1.82, 2.24) is 34.8 Å². The zero-order chi connectivity index (χ0) is 48.1. The van der Waals surface area contributed by atoms with Crippen molar-refractivity contribution >= 4 is 38.7 Å². The van der Waals surface area contributed by atoms with Crippen molar-refractivity contribution < 1.29 is 53.5 Å². The van der Waals surface area contributed by atoms with Crippen LogP contribution in [-0.4, -0.2) is 74.3 Å². The minimum absolute atomic E-state index is 0.0154. The molecule has 3 atom stereocenters. The zero-order valence-electron chi connectivity index (χ0n) is 36.2. The topological polar surface area (TPSA) is 153 Å². The molecule has 5 aromatic rings. The maximum Gasteiger partial charge on any atom is 0.435 e. The Kier molecular flexibility index (Phi) is 12.7. The Morgan fingerprint density at radius 2 is 1.74 bits per heavy atom. The second-order valence-electron chi connectivity index (χ2n) is 17.1. The van der Waals surface area contributed by atoms with Gasteiger partial charge in [0, 0.05) is 41.7 Å². The van der Waals surface area contributed by atoms with Crippen LogP contribution in [0.1, 0.15) is 80.0 Å². The second-order valence-corrected chi connectivity index (χ2v) is 18.9. The number of likely N-dealkylation sites (tertiary alicyclic amines) is 1. The molecule has 1 aliphatic carbocycles. The lowest BCUT2D eigenvalue weighted by molar-refractivity contribution is -0.142. The summed E-state index contributed by atoms with van der Waals surface area (Å²) in [5.74, 6) is -1.14. The molecule has 0 saturated carbocycles. The van der Waals surface area contributed by atoms with Gasteiger partial charge < -0.3 is 10.1 Å². The Morgan fingerprint density at radius 3 is 2.39 bits per heavy atom. The number of aryl methyl sites for hydroxylation is 1. The van der Waals surface area contributed by atoms with Crippen LogP contribution in [0.3, 0.4) is 0 Å². The molecule has 1 unspecified atom stereocenters. The van der Waals surface area contributed by atoms with Crippen molar-refractivity contribution in [2.24, 2.45) is 13.0 Å². The summed E-state index contributed by atoms with van der Waals surface area (Å²) < 4.78 is 137. The molecule has 1 aliphatic heterocycles. The Hall–Kier alpha value is -6.61. The highest BCUT2D eigenvalue weighted by atomic mass is 32.2. The highest BCUT2D eigenvalue weighted by molar-refractivity contribution is 7.92. The largest absolute Gasteiger partial charge is 0.444 e. The monoisotopic (exact) mass is 940 g/mol. The van der Waals surface area contributed by atoms with Gasteiger partial charge in [-0.15, -0.1) is 6.42 Å². The molecular weight excluding hydrogens is 898 g/mol. The standard InChI is InChI=1S/C45H43F7N8O5S/c1-7-26-22-34-39(45(50,51)52)55-60(40(34)44(26,48)49)24-36(61)54-35(21-25-19-27(46)23-28(47)20-25)37-31(32-12-10-13-33-38(32)58(5)56-41(33)57-66(6,63)64)17-15-29(53-37)14-16-30-11-8-9-18-59(30)42(62)65-43(2,3)4/h1,10,12-13,15,17,19-20,23,26,30,35H,8-9,11,18,21-22,24H2,2-6H3,(H,54,61)(H,56,57)/t26-,30?,35+/m1/s1. The number of amides is 2. The molecule has 2 aromatic carbocycles. The number of terminal acetylenes is 1. The molecule has 2 N–H and O–H groups in total. The summed E-state index contributed by atoms with van der Waals surface area (Å²) in [7, 11) is -2.28. The van der Waals surface area contributed by atoms with Crippen molar-refractivity contribution in [3.63, 3.8) is 0 Å². The first-order valence-corrected chi connectivity index (χ1v) is 22.4. The molecule has 1 fully saturated rings. The molecule has 2 aliphatic rings. The number of halogens is 7. The quantitative estimate of drug-likeness (QED) is 0.113. The molecule has 7 rings (SSSR count). The molecule has 66 heavy (non-hydrogen) atoms. The van der Waals surface area contributed by atoms with Crippen LogP contribution in [0, 0.1) is 41.7 Å². The number of carbonyl (C=O) groups is 2. The normalized spacial score (nSPS) is 17.7. The van der Waals surface area contributed by atoms with Crippen molar-refractivity contribution in [2.75, 3.05) is 17.5 Å². The lowest BCUT2D eigenvalue weighted by Crippen LogP contribution is -2.45. The van der Waals surface area contributed by atoms with Gasteiger partial charge in [0.2, 0.25) is 15.9 Å². The fourth-order valence-electron chi connectivity index (χ4n) is 8.25. The number of alkyl halides is 5. The minimum atomic E-state index is -5.18.